The summed E-state index contributed by atoms with van der Waals surface area (Å²) in [5, 5.41) is 12.3. The van der Waals surface area contributed by atoms with Gasteiger partial charge in [0.25, 0.3) is 0 Å². The van der Waals surface area contributed by atoms with E-state index >= 15 is 0 Å². The summed E-state index contributed by atoms with van der Waals surface area (Å²) in [5.74, 6) is -0.314. The van der Waals surface area contributed by atoms with Crippen LogP contribution in [0.4, 0.5) is 0 Å². The van der Waals surface area contributed by atoms with E-state index in [4.69, 9.17) is 9.84 Å². The average molecular weight is 278 g/mol. The second-order valence-electron chi connectivity index (χ2n) is 5.14. The normalized spacial score (nSPS) is 16.3. The maximum atomic E-state index is 10.9. The topological polar surface area (TPSA) is 61.8 Å². The van der Waals surface area contributed by atoms with Crippen LogP contribution in [0.3, 0.4) is 0 Å². The maximum absolute atomic E-state index is 10.9. The van der Waals surface area contributed by atoms with Crippen molar-refractivity contribution in [1.29, 1.82) is 0 Å². The molecule has 1 aromatic carbocycles. The van der Waals surface area contributed by atoms with E-state index in [0.717, 1.165) is 19.6 Å². The highest BCUT2D eigenvalue weighted by Gasteiger charge is 2.17. The van der Waals surface area contributed by atoms with E-state index in [2.05, 4.69) is 17.3 Å². The molecule has 110 valence electrons. The summed E-state index contributed by atoms with van der Waals surface area (Å²) in [6.07, 6.45) is 2.34. The molecule has 20 heavy (non-hydrogen) atoms. The number of carboxylic acid groups (broad SMARTS) is 1. The number of nitrogens with one attached hydrogen (secondary N) is 1. The van der Waals surface area contributed by atoms with Gasteiger partial charge in [-0.15, -0.1) is 0 Å². The van der Waals surface area contributed by atoms with E-state index in [-0.39, 0.29) is 5.56 Å². The van der Waals surface area contributed by atoms with Crippen LogP contribution in [0.2, 0.25) is 0 Å². The predicted octanol–water partition coefficient (Wildman–Crippen LogP) is 1.45. The summed E-state index contributed by atoms with van der Waals surface area (Å²) in [6.45, 7) is 3.58. The minimum Gasteiger partial charge on any atom is -0.492 e. The number of piperidine rings is 1. The maximum Gasteiger partial charge on any atom is 0.335 e. The Bertz CT molecular complexity index is 444. The smallest absolute Gasteiger partial charge is 0.335 e. The molecule has 1 heterocycles. The van der Waals surface area contributed by atoms with Gasteiger partial charge in [0.2, 0.25) is 0 Å². The van der Waals surface area contributed by atoms with Crippen molar-refractivity contribution in [3.8, 4) is 5.75 Å². The molecule has 1 aliphatic heterocycles. The lowest BCUT2D eigenvalue weighted by atomic mass is 10.1. The van der Waals surface area contributed by atoms with Crippen LogP contribution in [0.15, 0.2) is 24.3 Å². The molecule has 2 N–H and O–H groups in total. The summed E-state index contributed by atoms with van der Waals surface area (Å²) in [7, 11) is 2.12. The third-order valence-corrected chi connectivity index (χ3v) is 3.73. The number of nitrogens with zero attached hydrogens (tertiary/aromatic N) is 1. The van der Waals surface area contributed by atoms with Crippen molar-refractivity contribution >= 4 is 5.97 Å². The molecule has 0 atom stereocenters. The largest absolute Gasteiger partial charge is 0.492 e. The van der Waals surface area contributed by atoms with Crippen LogP contribution in [-0.2, 0) is 0 Å². The molecule has 0 aromatic heterocycles. The van der Waals surface area contributed by atoms with Crippen molar-refractivity contribution in [2.45, 2.75) is 18.9 Å². The van der Waals surface area contributed by atoms with Gasteiger partial charge in [-0.25, -0.2) is 4.79 Å². The van der Waals surface area contributed by atoms with E-state index in [9.17, 15) is 4.79 Å². The third-order valence-electron chi connectivity index (χ3n) is 3.73. The minimum absolute atomic E-state index is 0.259. The van der Waals surface area contributed by atoms with Gasteiger partial charge in [0.1, 0.15) is 12.4 Å². The number of ether oxygens (including phenoxy) is 1. The average Bonchev–Trinajstić information content (AvgIpc) is 2.48. The first-order valence-electron chi connectivity index (χ1n) is 7.04. The highest BCUT2D eigenvalue weighted by molar-refractivity contribution is 5.87. The number of hydrogen-bond acceptors (Lipinski definition) is 4. The van der Waals surface area contributed by atoms with Gasteiger partial charge < -0.3 is 15.2 Å². The summed E-state index contributed by atoms with van der Waals surface area (Å²) in [4.78, 5) is 13.2. The van der Waals surface area contributed by atoms with Gasteiger partial charge in [-0.3, -0.25) is 4.90 Å². The van der Waals surface area contributed by atoms with Crippen LogP contribution in [0.1, 0.15) is 23.2 Å². The third kappa shape index (κ3) is 4.21. The van der Waals surface area contributed by atoms with Crippen molar-refractivity contribution in [3.63, 3.8) is 0 Å². The number of rotatable bonds is 6. The van der Waals surface area contributed by atoms with Gasteiger partial charge in [-0.1, -0.05) is 6.07 Å². The first-order valence-corrected chi connectivity index (χ1v) is 7.04. The molecule has 1 fully saturated rings. The number of likely N-dealkylation sites (N-methyl/N-ethyl adjacent to an activating group) is 1. The van der Waals surface area contributed by atoms with Crippen LogP contribution in [0.5, 0.6) is 5.75 Å². The highest BCUT2D eigenvalue weighted by Crippen LogP contribution is 2.14. The first-order chi connectivity index (χ1) is 9.66. The van der Waals surface area contributed by atoms with Crippen molar-refractivity contribution in [3.05, 3.63) is 29.8 Å². The lowest BCUT2D eigenvalue weighted by molar-refractivity contribution is 0.0696. The second kappa shape index (κ2) is 7.26. The van der Waals surface area contributed by atoms with Crippen LogP contribution >= 0.6 is 0 Å². The van der Waals surface area contributed by atoms with Crippen molar-refractivity contribution in [1.82, 2.24) is 10.2 Å². The van der Waals surface area contributed by atoms with E-state index in [1.165, 1.54) is 12.8 Å². The molecule has 5 nitrogen and oxygen atoms in total. The van der Waals surface area contributed by atoms with Gasteiger partial charge in [0, 0.05) is 12.6 Å². The minimum atomic E-state index is -0.928. The number of hydrogen-bond donors (Lipinski definition) is 2. The Kier molecular flexibility index (Phi) is 5.38. The molecule has 2 rings (SSSR count). The SMILES string of the molecule is CN(CCOc1cccc(C(=O)O)c1)C1CCNCC1. The number of carboxylic acids is 1. The van der Waals surface area contributed by atoms with Crippen LogP contribution in [0, 0.1) is 0 Å². The fourth-order valence-electron chi connectivity index (χ4n) is 2.46. The zero-order valence-electron chi connectivity index (χ0n) is 11.8. The molecule has 0 bridgehead atoms. The summed E-state index contributed by atoms with van der Waals surface area (Å²) in [5.41, 5.74) is 0.259. The molecule has 1 aliphatic rings. The quantitative estimate of drug-likeness (QED) is 0.824. The van der Waals surface area contributed by atoms with Gasteiger partial charge in [0.05, 0.1) is 5.56 Å². The Morgan fingerprint density at radius 1 is 1.45 bits per heavy atom. The van der Waals surface area contributed by atoms with Gasteiger partial charge in [-0.05, 0) is 51.2 Å². The Balaban J connectivity index is 1.77. The fraction of sp³-hybridized carbons (Fsp3) is 0.533. The van der Waals surface area contributed by atoms with E-state index < -0.39 is 5.97 Å². The zero-order chi connectivity index (χ0) is 14.4. The number of benzene rings is 1. The standard InChI is InChI=1S/C15H22N2O3/c1-17(13-5-7-16-8-6-13)9-10-20-14-4-2-3-12(11-14)15(18)19/h2-4,11,13,16H,5-10H2,1H3,(H,18,19). The molecule has 0 saturated carbocycles. The Labute approximate surface area is 119 Å². The second-order valence-corrected chi connectivity index (χ2v) is 5.14. The Hall–Kier alpha value is -1.59. The molecular formula is C15H22N2O3. The van der Waals surface area contributed by atoms with Gasteiger partial charge >= 0.3 is 5.97 Å². The molecule has 5 heteroatoms. The van der Waals surface area contributed by atoms with E-state index in [1.807, 2.05) is 0 Å². The molecule has 0 aliphatic carbocycles. The molecule has 0 unspecified atom stereocenters. The van der Waals surface area contributed by atoms with E-state index in [1.54, 1.807) is 24.3 Å². The van der Waals surface area contributed by atoms with Gasteiger partial charge in [0.15, 0.2) is 0 Å². The molecule has 1 aromatic rings. The van der Waals surface area contributed by atoms with Gasteiger partial charge in [-0.2, -0.15) is 0 Å². The molecule has 0 spiro atoms. The molecule has 1 saturated heterocycles. The summed E-state index contributed by atoms with van der Waals surface area (Å²) in [6, 6.07) is 7.24. The molecule has 0 amide bonds. The first kappa shape index (κ1) is 14.8. The summed E-state index contributed by atoms with van der Waals surface area (Å²) < 4.78 is 5.64. The number of aromatic carboxylic acids is 1. The summed E-state index contributed by atoms with van der Waals surface area (Å²) >= 11 is 0. The fourth-order valence-corrected chi connectivity index (χ4v) is 2.46. The zero-order valence-corrected chi connectivity index (χ0v) is 11.8. The Morgan fingerprint density at radius 3 is 2.90 bits per heavy atom. The molecule has 0 radical (unpaired) electrons. The van der Waals surface area contributed by atoms with Crippen molar-refractivity contribution in [2.75, 3.05) is 33.3 Å². The lowest BCUT2D eigenvalue weighted by Gasteiger charge is -2.31. The predicted molar refractivity (Wildman–Crippen MR) is 77.4 cm³/mol. The lowest BCUT2D eigenvalue weighted by Crippen LogP contribution is -2.42. The van der Waals surface area contributed by atoms with Crippen LogP contribution in [0.25, 0.3) is 0 Å². The Morgan fingerprint density at radius 2 is 2.20 bits per heavy atom. The van der Waals surface area contributed by atoms with Crippen molar-refractivity contribution in [2.24, 2.45) is 0 Å². The van der Waals surface area contributed by atoms with Crippen LogP contribution < -0.4 is 10.1 Å². The monoisotopic (exact) mass is 278 g/mol. The van der Waals surface area contributed by atoms with Crippen LogP contribution in [-0.4, -0.2) is 55.3 Å². The van der Waals surface area contributed by atoms with Crippen molar-refractivity contribution < 1.29 is 14.6 Å². The molecular weight excluding hydrogens is 256 g/mol. The highest BCUT2D eigenvalue weighted by atomic mass is 16.5. The van der Waals surface area contributed by atoms with E-state index in [0.29, 0.717) is 18.4 Å². The number of carbonyl (C=O) groups is 1.